The first kappa shape index (κ1) is 14.2. The van der Waals surface area contributed by atoms with Crippen molar-refractivity contribution in [3.8, 4) is 0 Å². The van der Waals surface area contributed by atoms with Gasteiger partial charge in [0, 0.05) is 6.54 Å². The Morgan fingerprint density at radius 1 is 1.47 bits per heavy atom. The van der Waals surface area contributed by atoms with Gasteiger partial charge in [-0.25, -0.2) is 4.79 Å². The van der Waals surface area contributed by atoms with E-state index in [1.54, 1.807) is 20.8 Å². The number of carbonyl (C=O) groups excluding carboxylic acids is 1. The number of likely N-dealkylation sites (tertiary alicyclic amines) is 1. The van der Waals surface area contributed by atoms with Crippen molar-refractivity contribution in [2.75, 3.05) is 6.54 Å². The Morgan fingerprint density at radius 3 is 2.53 bits per heavy atom. The Hall–Kier alpha value is -0.910. The molecule has 17 heavy (non-hydrogen) atoms. The van der Waals surface area contributed by atoms with E-state index in [1.807, 2.05) is 0 Å². The zero-order valence-electron chi connectivity index (χ0n) is 10.3. The molecule has 98 valence electrons. The van der Waals surface area contributed by atoms with Crippen LogP contribution >= 0.6 is 12.6 Å². The molecule has 1 N–H and O–H groups in total. The normalized spacial score (nSPS) is 22.4. The summed E-state index contributed by atoms with van der Waals surface area (Å²) >= 11 is 4.04. The number of amides is 1. The van der Waals surface area contributed by atoms with Crippen LogP contribution < -0.4 is 0 Å². The van der Waals surface area contributed by atoms with E-state index in [4.69, 9.17) is 9.84 Å². The van der Waals surface area contributed by atoms with Crippen LogP contribution in [0.5, 0.6) is 0 Å². The first-order valence-electron chi connectivity index (χ1n) is 5.63. The fourth-order valence-corrected chi connectivity index (χ4v) is 2.14. The van der Waals surface area contributed by atoms with Crippen LogP contribution in [0.15, 0.2) is 0 Å². The number of carboxylic acid groups (broad SMARTS) is 1. The van der Waals surface area contributed by atoms with Crippen LogP contribution in [0.2, 0.25) is 0 Å². The van der Waals surface area contributed by atoms with Gasteiger partial charge in [0.15, 0.2) is 0 Å². The number of hydrogen-bond acceptors (Lipinski definition) is 4. The summed E-state index contributed by atoms with van der Waals surface area (Å²) in [7, 11) is 0. The van der Waals surface area contributed by atoms with Crippen molar-refractivity contribution in [3.63, 3.8) is 0 Å². The van der Waals surface area contributed by atoms with Crippen molar-refractivity contribution < 1.29 is 19.4 Å². The van der Waals surface area contributed by atoms with Gasteiger partial charge in [0.25, 0.3) is 0 Å². The first-order chi connectivity index (χ1) is 7.72. The Labute approximate surface area is 107 Å². The molecule has 1 amide bonds. The second kappa shape index (κ2) is 5.16. The topological polar surface area (TPSA) is 66.8 Å². The van der Waals surface area contributed by atoms with Gasteiger partial charge < -0.3 is 14.7 Å². The van der Waals surface area contributed by atoms with Gasteiger partial charge in [-0.2, -0.15) is 12.6 Å². The lowest BCUT2D eigenvalue weighted by atomic mass is 10.1. The molecule has 0 radical (unpaired) electrons. The number of rotatable bonds is 2. The standard InChI is InChI=1S/C11H19NO4S/c1-11(2,3)16-10(15)12-6-4-5-7(12)8(17)9(13)14/h7-8,17H,4-6H2,1-3H3,(H,13,14). The van der Waals surface area contributed by atoms with Gasteiger partial charge in [0.2, 0.25) is 0 Å². The molecule has 1 rings (SSSR count). The van der Waals surface area contributed by atoms with Gasteiger partial charge in [-0.3, -0.25) is 4.79 Å². The third kappa shape index (κ3) is 3.80. The first-order valence-corrected chi connectivity index (χ1v) is 6.14. The minimum Gasteiger partial charge on any atom is -0.480 e. The van der Waals surface area contributed by atoms with Gasteiger partial charge in [0.1, 0.15) is 10.9 Å². The van der Waals surface area contributed by atoms with Gasteiger partial charge in [-0.15, -0.1) is 0 Å². The summed E-state index contributed by atoms with van der Waals surface area (Å²) in [5.74, 6) is -1.01. The van der Waals surface area contributed by atoms with E-state index in [0.29, 0.717) is 13.0 Å². The summed E-state index contributed by atoms with van der Waals surface area (Å²) in [4.78, 5) is 24.2. The molecule has 0 aromatic heterocycles. The second-order valence-corrected chi connectivity index (χ2v) is 5.72. The molecule has 0 aromatic carbocycles. The van der Waals surface area contributed by atoms with Crippen LogP contribution in [0.4, 0.5) is 4.79 Å². The number of ether oxygens (including phenoxy) is 1. The third-order valence-corrected chi connectivity index (χ3v) is 3.11. The maximum absolute atomic E-state index is 11.9. The molecule has 0 aromatic rings. The molecule has 2 unspecified atom stereocenters. The number of nitrogens with zero attached hydrogens (tertiary/aromatic N) is 1. The quantitative estimate of drug-likeness (QED) is 0.743. The molecular weight excluding hydrogens is 242 g/mol. The Balaban J connectivity index is 2.69. The van der Waals surface area contributed by atoms with Crippen molar-refractivity contribution in [2.45, 2.75) is 50.5 Å². The highest BCUT2D eigenvalue weighted by atomic mass is 32.1. The van der Waals surface area contributed by atoms with Gasteiger partial charge >= 0.3 is 12.1 Å². The van der Waals surface area contributed by atoms with Crippen molar-refractivity contribution >= 4 is 24.7 Å². The molecule has 1 fully saturated rings. The molecule has 0 aliphatic carbocycles. The average Bonchev–Trinajstić information content (AvgIpc) is 2.61. The molecule has 0 spiro atoms. The number of carboxylic acids is 1. The number of aliphatic carboxylic acids is 1. The Bertz CT molecular complexity index is 313. The number of hydrogen-bond donors (Lipinski definition) is 2. The molecule has 2 atom stereocenters. The van der Waals surface area contributed by atoms with Crippen LogP contribution in [0.25, 0.3) is 0 Å². The van der Waals surface area contributed by atoms with E-state index in [9.17, 15) is 9.59 Å². The van der Waals surface area contributed by atoms with Crippen molar-refractivity contribution in [1.29, 1.82) is 0 Å². The fraction of sp³-hybridized carbons (Fsp3) is 0.818. The second-order valence-electron chi connectivity index (χ2n) is 5.17. The van der Waals surface area contributed by atoms with E-state index in [1.165, 1.54) is 4.90 Å². The molecule has 1 aliphatic heterocycles. The van der Waals surface area contributed by atoms with Crippen LogP contribution in [0, 0.1) is 0 Å². The number of carbonyl (C=O) groups is 2. The minimum atomic E-state index is -1.01. The van der Waals surface area contributed by atoms with Gasteiger partial charge in [-0.05, 0) is 33.6 Å². The summed E-state index contributed by atoms with van der Waals surface area (Å²) in [5.41, 5.74) is -0.570. The third-order valence-electron chi connectivity index (χ3n) is 2.54. The molecular formula is C11H19NO4S. The van der Waals surface area contributed by atoms with Crippen LogP contribution in [0.3, 0.4) is 0 Å². The lowest BCUT2D eigenvalue weighted by Crippen LogP contribution is -2.45. The highest BCUT2D eigenvalue weighted by Crippen LogP contribution is 2.25. The molecule has 1 aliphatic rings. The lowest BCUT2D eigenvalue weighted by Gasteiger charge is -2.29. The zero-order valence-corrected chi connectivity index (χ0v) is 11.2. The molecule has 0 saturated carbocycles. The van der Waals surface area contributed by atoms with E-state index >= 15 is 0 Å². The van der Waals surface area contributed by atoms with E-state index in [-0.39, 0.29) is 6.04 Å². The molecule has 5 nitrogen and oxygen atoms in total. The molecule has 1 heterocycles. The summed E-state index contributed by atoms with van der Waals surface area (Å²) in [6, 6.07) is -0.384. The maximum atomic E-state index is 11.9. The summed E-state index contributed by atoms with van der Waals surface area (Å²) < 4.78 is 5.24. The highest BCUT2D eigenvalue weighted by molar-refractivity contribution is 7.81. The summed E-state index contributed by atoms with van der Waals surface area (Å²) in [5, 5.41) is 8.06. The lowest BCUT2D eigenvalue weighted by molar-refractivity contribution is -0.137. The Kier molecular flexibility index (Phi) is 4.30. The minimum absolute atomic E-state index is 0.384. The van der Waals surface area contributed by atoms with Crippen LogP contribution in [-0.4, -0.2) is 45.5 Å². The predicted octanol–water partition coefficient (Wildman–Crippen LogP) is 1.77. The van der Waals surface area contributed by atoms with Crippen molar-refractivity contribution in [1.82, 2.24) is 4.90 Å². The maximum Gasteiger partial charge on any atom is 0.410 e. The van der Waals surface area contributed by atoms with Crippen molar-refractivity contribution in [2.24, 2.45) is 0 Å². The van der Waals surface area contributed by atoms with E-state index < -0.39 is 22.9 Å². The summed E-state index contributed by atoms with van der Waals surface area (Å²) in [6.07, 6.45) is 0.980. The van der Waals surface area contributed by atoms with Gasteiger partial charge in [-0.1, -0.05) is 0 Å². The average molecular weight is 261 g/mol. The van der Waals surface area contributed by atoms with Crippen LogP contribution in [0.1, 0.15) is 33.6 Å². The predicted molar refractivity (Wildman–Crippen MR) is 66.4 cm³/mol. The zero-order chi connectivity index (χ0) is 13.2. The monoisotopic (exact) mass is 261 g/mol. The van der Waals surface area contributed by atoms with E-state index in [0.717, 1.165) is 6.42 Å². The molecule has 0 bridgehead atoms. The smallest absolute Gasteiger partial charge is 0.410 e. The van der Waals surface area contributed by atoms with Crippen LogP contribution in [-0.2, 0) is 9.53 Å². The summed E-state index contributed by atoms with van der Waals surface area (Å²) in [6.45, 7) is 5.88. The molecule has 6 heteroatoms. The fourth-order valence-electron chi connectivity index (χ4n) is 1.83. The number of thiol groups is 1. The highest BCUT2D eigenvalue weighted by Gasteiger charge is 2.38. The van der Waals surface area contributed by atoms with Crippen molar-refractivity contribution in [3.05, 3.63) is 0 Å². The molecule has 1 saturated heterocycles. The van der Waals surface area contributed by atoms with Gasteiger partial charge in [0.05, 0.1) is 6.04 Å². The SMILES string of the molecule is CC(C)(C)OC(=O)N1CCCC1C(S)C(=O)O. The largest absolute Gasteiger partial charge is 0.480 e. The Morgan fingerprint density at radius 2 is 2.06 bits per heavy atom. The van der Waals surface area contributed by atoms with E-state index in [2.05, 4.69) is 12.6 Å².